The monoisotopic (exact) mass is 286 g/mol. The van der Waals surface area contributed by atoms with Crippen molar-refractivity contribution in [3.05, 3.63) is 66.0 Å². The molecule has 1 aromatic carbocycles. The van der Waals surface area contributed by atoms with Gasteiger partial charge in [0.25, 0.3) is 0 Å². The standard InChI is InChI=1S/C16H18N2O3/c1-18(11-15(19)14-8-5-9-17-10-14)16(20)21-12-13-6-3-2-4-7-13/h2-10,15,19H,11-12H2,1H3. The Bertz CT molecular complexity index is 560. The molecule has 5 heteroatoms. The van der Waals surface area contributed by atoms with Crippen molar-refractivity contribution in [3.63, 3.8) is 0 Å². The molecule has 1 amide bonds. The summed E-state index contributed by atoms with van der Waals surface area (Å²) in [7, 11) is 1.59. The number of aromatic nitrogens is 1. The van der Waals surface area contributed by atoms with Crippen LogP contribution in [0.2, 0.25) is 0 Å². The number of nitrogens with zero attached hydrogens (tertiary/aromatic N) is 2. The van der Waals surface area contributed by atoms with Crippen molar-refractivity contribution >= 4 is 6.09 Å². The zero-order chi connectivity index (χ0) is 15.1. The number of carbonyl (C=O) groups is 1. The van der Waals surface area contributed by atoms with Crippen molar-refractivity contribution in [1.82, 2.24) is 9.88 Å². The maximum Gasteiger partial charge on any atom is 0.409 e. The van der Waals surface area contributed by atoms with Gasteiger partial charge in [-0.15, -0.1) is 0 Å². The number of amides is 1. The molecule has 0 spiro atoms. The first-order valence-electron chi connectivity index (χ1n) is 6.66. The molecule has 5 nitrogen and oxygen atoms in total. The van der Waals surface area contributed by atoms with Gasteiger partial charge in [-0.3, -0.25) is 4.98 Å². The number of benzene rings is 1. The lowest BCUT2D eigenvalue weighted by Gasteiger charge is -2.20. The van der Waals surface area contributed by atoms with Crippen LogP contribution in [0.1, 0.15) is 17.2 Å². The Kier molecular flexibility index (Phi) is 5.29. The molecule has 1 atom stereocenters. The average Bonchev–Trinajstić information content (AvgIpc) is 2.54. The molecule has 110 valence electrons. The second-order valence-electron chi connectivity index (χ2n) is 4.72. The van der Waals surface area contributed by atoms with Crippen LogP contribution in [-0.2, 0) is 11.3 Å². The van der Waals surface area contributed by atoms with E-state index in [0.29, 0.717) is 5.56 Å². The molecule has 2 rings (SSSR count). The third-order valence-electron chi connectivity index (χ3n) is 3.03. The molecule has 0 saturated heterocycles. The van der Waals surface area contributed by atoms with E-state index in [1.54, 1.807) is 31.6 Å². The fraction of sp³-hybridized carbons (Fsp3) is 0.250. The highest BCUT2D eigenvalue weighted by Gasteiger charge is 2.16. The molecular formula is C16H18N2O3. The van der Waals surface area contributed by atoms with Gasteiger partial charge in [0.1, 0.15) is 6.61 Å². The highest BCUT2D eigenvalue weighted by Crippen LogP contribution is 2.12. The molecule has 0 saturated carbocycles. The lowest BCUT2D eigenvalue weighted by Crippen LogP contribution is -2.31. The number of likely N-dealkylation sites (N-methyl/N-ethyl adjacent to an activating group) is 1. The summed E-state index contributed by atoms with van der Waals surface area (Å²) in [5, 5.41) is 10.0. The van der Waals surface area contributed by atoms with E-state index in [1.807, 2.05) is 30.3 Å². The van der Waals surface area contributed by atoms with Crippen molar-refractivity contribution in [2.45, 2.75) is 12.7 Å². The van der Waals surface area contributed by atoms with Gasteiger partial charge < -0.3 is 14.7 Å². The minimum Gasteiger partial charge on any atom is -0.445 e. The van der Waals surface area contributed by atoms with Gasteiger partial charge in [0.05, 0.1) is 12.6 Å². The predicted molar refractivity (Wildman–Crippen MR) is 78.5 cm³/mol. The molecule has 21 heavy (non-hydrogen) atoms. The van der Waals surface area contributed by atoms with Gasteiger partial charge in [0.2, 0.25) is 0 Å². The summed E-state index contributed by atoms with van der Waals surface area (Å²) in [6, 6.07) is 13.0. The summed E-state index contributed by atoms with van der Waals surface area (Å²) in [5.41, 5.74) is 1.59. The van der Waals surface area contributed by atoms with Crippen LogP contribution in [0.5, 0.6) is 0 Å². The highest BCUT2D eigenvalue weighted by atomic mass is 16.6. The first-order chi connectivity index (χ1) is 10.2. The number of aliphatic hydroxyl groups excluding tert-OH is 1. The van der Waals surface area contributed by atoms with E-state index in [-0.39, 0.29) is 13.2 Å². The molecule has 0 radical (unpaired) electrons. The van der Waals surface area contributed by atoms with E-state index in [2.05, 4.69) is 4.98 Å². The summed E-state index contributed by atoms with van der Waals surface area (Å²) in [6.45, 7) is 0.367. The van der Waals surface area contributed by atoms with E-state index in [0.717, 1.165) is 5.56 Å². The van der Waals surface area contributed by atoms with E-state index in [1.165, 1.54) is 4.90 Å². The smallest absolute Gasteiger partial charge is 0.409 e. The van der Waals surface area contributed by atoms with Crippen molar-refractivity contribution in [2.24, 2.45) is 0 Å². The molecular weight excluding hydrogens is 268 g/mol. The number of pyridine rings is 1. The third-order valence-corrected chi connectivity index (χ3v) is 3.03. The lowest BCUT2D eigenvalue weighted by molar-refractivity contribution is 0.0786. The summed E-state index contributed by atoms with van der Waals surface area (Å²) in [5.74, 6) is 0. The van der Waals surface area contributed by atoms with Gasteiger partial charge in [-0.25, -0.2) is 4.79 Å². The topological polar surface area (TPSA) is 62.7 Å². The van der Waals surface area contributed by atoms with Crippen molar-refractivity contribution in [3.8, 4) is 0 Å². The Morgan fingerprint density at radius 3 is 2.71 bits per heavy atom. The normalized spacial score (nSPS) is 11.7. The molecule has 1 aromatic heterocycles. The predicted octanol–water partition coefficient (Wildman–Crippen LogP) is 2.38. The summed E-state index contributed by atoms with van der Waals surface area (Å²) in [6.07, 6.45) is 1.96. The van der Waals surface area contributed by atoms with Crippen LogP contribution in [0.3, 0.4) is 0 Å². The van der Waals surface area contributed by atoms with Crippen LogP contribution in [0, 0.1) is 0 Å². The second kappa shape index (κ2) is 7.40. The number of hydrogen-bond acceptors (Lipinski definition) is 4. The Labute approximate surface area is 123 Å². The average molecular weight is 286 g/mol. The maximum absolute atomic E-state index is 11.9. The van der Waals surface area contributed by atoms with Crippen molar-refractivity contribution in [1.29, 1.82) is 0 Å². The SMILES string of the molecule is CN(CC(O)c1cccnc1)C(=O)OCc1ccccc1. The van der Waals surface area contributed by atoms with Gasteiger partial charge in [-0.2, -0.15) is 0 Å². The van der Waals surface area contributed by atoms with Crippen molar-refractivity contribution in [2.75, 3.05) is 13.6 Å². The molecule has 2 aromatic rings. The van der Waals surface area contributed by atoms with Gasteiger partial charge in [-0.05, 0) is 11.6 Å². The molecule has 1 N–H and O–H groups in total. The van der Waals surface area contributed by atoms with E-state index < -0.39 is 12.2 Å². The molecule has 0 aliphatic heterocycles. The zero-order valence-electron chi connectivity index (χ0n) is 11.8. The maximum atomic E-state index is 11.9. The molecule has 0 fully saturated rings. The fourth-order valence-corrected chi connectivity index (χ4v) is 1.84. The summed E-state index contributed by atoms with van der Waals surface area (Å²) < 4.78 is 5.19. The fourth-order valence-electron chi connectivity index (χ4n) is 1.84. The van der Waals surface area contributed by atoms with Crippen LogP contribution in [0.4, 0.5) is 4.79 Å². The van der Waals surface area contributed by atoms with Gasteiger partial charge in [0.15, 0.2) is 0 Å². The van der Waals surface area contributed by atoms with Crippen LogP contribution in [-0.4, -0.2) is 34.7 Å². The number of carbonyl (C=O) groups excluding carboxylic acids is 1. The van der Waals surface area contributed by atoms with Crippen molar-refractivity contribution < 1.29 is 14.6 Å². The zero-order valence-corrected chi connectivity index (χ0v) is 11.8. The second-order valence-corrected chi connectivity index (χ2v) is 4.72. The Balaban J connectivity index is 1.82. The first-order valence-corrected chi connectivity index (χ1v) is 6.66. The van der Waals surface area contributed by atoms with Gasteiger partial charge in [0, 0.05) is 25.0 Å². The van der Waals surface area contributed by atoms with E-state index in [9.17, 15) is 9.90 Å². The molecule has 0 aliphatic carbocycles. The van der Waals surface area contributed by atoms with E-state index >= 15 is 0 Å². The Morgan fingerprint density at radius 2 is 2.05 bits per heavy atom. The van der Waals surface area contributed by atoms with Gasteiger partial charge in [-0.1, -0.05) is 36.4 Å². The number of hydrogen-bond donors (Lipinski definition) is 1. The number of ether oxygens (including phenoxy) is 1. The van der Waals surface area contributed by atoms with Crippen LogP contribution in [0.15, 0.2) is 54.9 Å². The quantitative estimate of drug-likeness (QED) is 0.916. The van der Waals surface area contributed by atoms with Crippen LogP contribution >= 0.6 is 0 Å². The molecule has 0 aliphatic rings. The molecule has 1 unspecified atom stereocenters. The first kappa shape index (κ1) is 15.0. The number of aliphatic hydroxyl groups is 1. The van der Waals surface area contributed by atoms with Crippen LogP contribution < -0.4 is 0 Å². The van der Waals surface area contributed by atoms with Crippen LogP contribution in [0.25, 0.3) is 0 Å². The molecule has 0 bridgehead atoms. The lowest BCUT2D eigenvalue weighted by atomic mass is 10.1. The van der Waals surface area contributed by atoms with Gasteiger partial charge >= 0.3 is 6.09 Å². The largest absolute Gasteiger partial charge is 0.445 e. The Hall–Kier alpha value is -2.40. The summed E-state index contributed by atoms with van der Waals surface area (Å²) in [4.78, 5) is 17.1. The third kappa shape index (κ3) is 4.57. The minimum atomic E-state index is -0.784. The van der Waals surface area contributed by atoms with E-state index in [4.69, 9.17) is 4.74 Å². The minimum absolute atomic E-state index is 0.152. The summed E-state index contributed by atoms with van der Waals surface area (Å²) >= 11 is 0. The highest BCUT2D eigenvalue weighted by molar-refractivity contribution is 5.67. The molecule has 1 heterocycles. The Morgan fingerprint density at radius 1 is 1.29 bits per heavy atom. The number of rotatable bonds is 5.